The number of benzene rings is 1. The molecule has 1 amide bonds. The molecule has 0 saturated carbocycles. The molecule has 4 aromatic rings. The highest BCUT2D eigenvalue weighted by Crippen LogP contribution is 2.31. The van der Waals surface area contributed by atoms with Crippen molar-refractivity contribution in [2.45, 2.75) is 12.7 Å². The number of rotatable bonds is 7. The summed E-state index contributed by atoms with van der Waals surface area (Å²) in [7, 11) is 1.36. The summed E-state index contributed by atoms with van der Waals surface area (Å²) in [6, 6.07) is 8.10. The predicted molar refractivity (Wildman–Crippen MR) is 123 cm³/mol. The fraction of sp³-hybridized carbons (Fsp3) is 0.125. The zero-order valence-electron chi connectivity index (χ0n) is 19.0. The number of hydrogen-bond donors (Lipinski definition) is 2. The van der Waals surface area contributed by atoms with Gasteiger partial charge in [-0.2, -0.15) is 13.2 Å². The van der Waals surface area contributed by atoms with Crippen molar-refractivity contribution in [3.63, 3.8) is 0 Å². The molecule has 0 bridgehead atoms. The number of pyridine rings is 2. The van der Waals surface area contributed by atoms with Gasteiger partial charge >= 0.3 is 6.18 Å². The zero-order chi connectivity index (χ0) is 26.6. The third-order valence-electron chi connectivity index (χ3n) is 4.97. The highest BCUT2D eigenvalue weighted by atomic mass is 19.4. The fourth-order valence-corrected chi connectivity index (χ4v) is 3.19. The highest BCUT2D eigenvalue weighted by molar-refractivity contribution is 6.04. The van der Waals surface area contributed by atoms with Gasteiger partial charge in [-0.25, -0.2) is 23.7 Å². The van der Waals surface area contributed by atoms with Gasteiger partial charge in [0.25, 0.3) is 5.91 Å². The van der Waals surface area contributed by atoms with E-state index in [4.69, 9.17) is 4.74 Å². The van der Waals surface area contributed by atoms with E-state index in [1.165, 1.54) is 31.5 Å². The Bertz CT molecular complexity index is 1450. The second-order valence-corrected chi connectivity index (χ2v) is 7.53. The molecule has 190 valence electrons. The van der Waals surface area contributed by atoms with E-state index in [2.05, 4.69) is 30.6 Å². The van der Waals surface area contributed by atoms with E-state index in [0.717, 1.165) is 18.3 Å². The molecule has 0 fully saturated rings. The van der Waals surface area contributed by atoms with E-state index in [-0.39, 0.29) is 46.6 Å². The van der Waals surface area contributed by atoms with E-state index in [0.29, 0.717) is 12.3 Å². The van der Waals surface area contributed by atoms with Gasteiger partial charge in [-0.1, -0.05) is 6.07 Å². The van der Waals surface area contributed by atoms with Crippen molar-refractivity contribution >= 4 is 17.4 Å². The molecular weight excluding hydrogens is 499 g/mol. The Morgan fingerprint density at radius 1 is 1.05 bits per heavy atom. The summed E-state index contributed by atoms with van der Waals surface area (Å²) in [6.45, 7) is -0.166. The van der Waals surface area contributed by atoms with Crippen molar-refractivity contribution in [3.8, 4) is 17.3 Å². The summed E-state index contributed by atoms with van der Waals surface area (Å²) in [6.07, 6.45) is -1.46. The molecule has 0 aliphatic carbocycles. The molecule has 0 radical (unpaired) electrons. The molecule has 3 heterocycles. The number of anilines is 2. The number of hydrogen-bond acceptors (Lipinski definition) is 7. The van der Waals surface area contributed by atoms with Crippen LogP contribution in [0.4, 0.5) is 33.5 Å². The minimum Gasteiger partial charge on any atom is -0.480 e. The number of amides is 1. The predicted octanol–water partition coefficient (Wildman–Crippen LogP) is 5.10. The van der Waals surface area contributed by atoms with Gasteiger partial charge in [-0.15, -0.1) is 0 Å². The maximum Gasteiger partial charge on any atom is 0.417 e. The minimum atomic E-state index is -4.67. The molecule has 1 aromatic carbocycles. The molecule has 4 rings (SSSR count). The topological polar surface area (TPSA) is 102 Å². The van der Waals surface area contributed by atoms with Crippen LogP contribution >= 0.6 is 0 Å². The lowest BCUT2D eigenvalue weighted by Crippen LogP contribution is -2.16. The zero-order valence-corrected chi connectivity index (χ0v) is 19.0. The van der Waals surface area contributed by atoms with Gasteiger partial charge in [0.1, 0.15) is 28.8 Å². The number of nitrogens with zero attached hydrogens (tertiary/aromatic N) is 4. The van der Waals surface area contributed by atoms with E-state index in [1.807, 2.05) is 0 Å². The molecular formula is C24H17F5N6O2. The van der Waals surface area contributed by atoms with E-state index >= 15 is 0 Å². The first-order valence-electron chi connectivity index (χ1n) is 10.5. The molecule has 0 atom stereocenters. The lowest BCUT2D eigenvalue weighted by molar-refractivity contribution is -0.137. The number of alkyl halides is 3. The number of halogens is 5. The number of carbonyl (C=O) groups is 1. The molecule has 0 aliphatic heterocycles. The lowest BCUT2D eigenvalue weighted by Gasteiger charge is -2.13. The van der Waals surface area contributed by atoms with Gasteiger partial charge in [0.15, 0.2) is 5.82 Å². The third kappa shape index (κ3) is 6.12. The molecule has 0 saturated heterocycles. The van der Waals surface area contributed by atoms with Gasteiger partial charge in [-0.05, 0) is 24.3 Å². The van der Waals surface area contributed by atoms with Crippen molar-refractivity contribution in [3.05, 3.63) is 89.5 Å². The van der Waals surface area contributed by atoms with Crippen LogP contribution in [0.5, 0.6) is 5.88 Å². The Balaban J connectivity index is 1.71. The Hall–Kier alpha value is -4.68. The normalized spacial score (nSPS) is 11.2. The second-order valence-electron chi connectivity index (χ2n) is 7.53. The van der Waals surface area contributed by atoms with Crippen molar-refractivity contribution in [1.82, 2.24) is 19.9 Å². The van der Waals surface area contributed by atoms with Gasteiger partial charge in [0.2, 0.25) is 5.88 Å². The van der Waals surface area contributed by atoms with Crippen LogP contribution in [0.15, 0.2) is 61.1 Å². The second kappa shape index (κ2) is 10.5. The Labute approximate surface area is 206 Å². The standard InChI is InChI=1S/C24H17F5N6O2/c1-37-23-18(3-2-6-31-23)34-22(36)19-9-20(32-11-13-4-5-16(25)8-17(13)26)35-21(33-19)14-7-15(12-30-10-14)24(27,28)29/h2-10,12H,11H2,1H3,(H,34,36)(H,32,33,35). The van der Waals surface area contributed by atoms with Crippen LogP contribution in [0.3, 0.4) is 0 Å². The van der Waals surface area contributed by atoms with E-state index in [1.54, 1.807) is 6.07 Å². The maximum atomic E-state index is 14.1. The Morgan fingerprint density at radius 2 is 1.86 bits per heavy atom. The number of carbonyl (C=O) groups excluding carboxylic acids is 1. The van der Waals surface area contributed by atoms with E-state index < -0.39 is 29.3 Å². The fourth-order valence-electron chi connectivity index (χ4n) is 3.19. The molecule has 13 heteroatoms. The van der Waals surface area contributed by atoms with Crippen LogP contribution in [-0.4, -0.2) is 33.0 Å². The maximum absolute atomic E-state index is 14.1. The molecule has 2 N–H and O–H groups in total. The molecule has 3 aromatic heterocycles. The molecule has 37 heavy (non-hydrogen) atoms. The number of aromatic nitrogens is 4. The van der Waals surface area contributed by atoms with Gasteiger partial charge in [0.05, 0.1) is 12.7 Å². The summed E-state index contributed by atoms with van der Waals surface area (Å²) in [5.74, 6) is -2.44. The van der Waals surface area contributed by atoms with E-state index in [9.17, 15) is 26.7 Å². The number of methoxy groups -OCH3 is 1. The number of nitrogens with one attached hydrogen (secondary N) is 2. The van der Waals surface area contributed by atoms with Gasteiger partial charge in [0, 0.05) is 48.4 Å². The average molecular weight is 516 g/mol. The van der Waals surface area contributed by atoms with Crippen molar-refractivity contribution in [2.75, 3.05) is 17.7 Å². The quantitative estimate of drug-likeness (QED) is 0.330. The van der Waals surface area contributed by atoms with Crippen LogP contribution in [0.25, 0.3) is 11.4 Å². The first-order chi connectivity index (χ1) is 17.6. The van der Waals surface area contributed by atoms with Crippen LogP contribution < -0.4 is 15.4 Å². The van der Waals surface area contributed by atoms with Crippen molar-refractivity contribution < 1.29 is 31.5 Å². The SMILES string of the molecule is COc1ncccc1NC(=O)c1cc(NCc2ccc(F)cc2F)nc(-c2cncc(C(F)(F)F)c2)n1. The summed E-state index contributed by atoms with van der Waals surface area (Å²) < 4.78 is 72.1. The first kappa shape index (κ1) is 25.4. The largest absolute Gasteiger partial charge is 0.480 e. The Morgan fingerprint density at radius 3 is 2.59 bits per heavy atom. The highest BCUT2D eigenvalue weighted by Gasteiger charge is 2.31. The van der Waals surface area contributed by atoms with Gasteiger partial charge in [-0.3, -0.25) is 9.78 Å². The van der Waals surface area contributed by atoms with Crippen LogP contribution in [0.2, 0.25) is 0 Å². The van der Waals surface area contributed by atoms with Crippen molar-refractivity contribution in [2.24, 2.45) is 0 Å². The monoisotopic (exact) mass is 516 g/mol. The first-order valence-corrected chi connectivity index (χ1v) is 10.5. The lowest BCUT2D eigenvalue weighted by atomic mass is 10.2. The molecule has 8 nitrogen and oxygen atoms in total. The number of ether oxygens (including phenoxy) is 1. The summed E-state index contributed by atoms with van der Waals surface area (Å²) in [5.41, 5.74) is -1.06. The van der Waals surface area contributed by atoms with Crippen LogP contribution in [0, 0.1) is 11.6 Å². The molecule has 0 unspecified atom stereocenters. The Kier molecular flexibility index (Phi) is 7.22. The van der Waals surface area contributed by atoms with Crippen LogP contribution in [-0.2, 0) is 12.7 Å². The summed E-state index contributed by atoms with van der Waals surface area (Å²) in [4.78, 5) is 28.9. The average Bonchev–Trinajstić information content (AvgIpc) is 2.88. The van der Waals surface area contributed by atoms with Gasteiger partial charge < -0.3 is 15.4 Å². The third-order valence-corrected chi connectivity index (χ3v) is 4.97. The minimum absolute atomic E-state index is 0.00515. The molecule has 0 aliphatic rings. The summed E-state index contributed by atoms with van der Waals surface area (Å²) in [5, 5.41) is 5.35. The van der Waals surface area contributed by atoms with Crippen molar-refractivity contribution in [1.29, 1.82) is 0 Å². The van der Waals surface area contributed by atoms with Crippen LogP contribution in [0.1, 0.15) is 21.6 Å². The summed E-state index contributed by atoms with van der Waals surface area (Å²) >= 11 is 0. The molecule has 0 spiro atoms. The smallest absolute Gasteiger partial charge is 0.417 e.